The Morgan fingerprint density at radius 2 is 2.00 bits per heavy atom. The average molecular weight is 199 g/mol. The van der Waals surface area contributed by atoms with E-state index in [2.05, 4.69) is 38.8 Å². The van der Waals surface area contributed by atoms with Gasteiger partial charge in [-0.2, -0.15) is 0 Å². The third-order valence-corrected chi connectivity index (χ3v) is 3.67. The van der Waals surface area contributed by atoms with Crippen LogP contribution in [0, 0.1) is 0 Å². The van der Waals surface area contributed by atoms with Gasteiger partial charge in [0.25, 0.3) is 0 Å². The Balaban J connectivity index is 3.20. The van der Waals surface area contributed by atoms with E-state index >= 15 is 0 Å². The van der Waals surface area contributed by atoms with Crippen LogP contribution in [0.2, 0.25) is 12.1 Å². The second-order valence-corrected chi connectivity index (χ2v) is 6.07. The molecule has 1 nitrogen and oxygen atoms in total. The van der Waals surface area contributed by atoms with Crippen molar-refractivity contribution in [3.63, 3.8) is 0 Å². The summed E-state index contributed by atoms with van der Waals surface area (Å²) in [5, 5.41) is 0. The Morgan fingerprint density at radius 3 is 2.54 bits per heavy atom. The first kappa shape index (κ1) is 12.9. The summed E-state index contributed by atoms with van der Waals surface area (Å²) < 4.78 is 0. The molecule has 0 atom stereocenters. The molecule has 0 aromatic carbocycles. The monoisotopic (exact) mass is 199 g/mol. The second-order valence-electron chi connectivity index (χ2n) is 4.08. The quantitative estimate of drug-likeness (QED) is 0.345. The summed E-state index contributed by atoms with van der Waals surface area (Å²) in [4.78, 5) is 2.45. The Labute approximate surface area is 86.0 Å². The zero-order valence-electron chi connectivity index (χ0n) is 9.77. The van der Waals surface area contributed by atoms with Gasteiger partial charge in [0, 0.05) is 9.52 Å². The molecular formula is C11H25NSi. The third kappa shape index (κ3) is 9.83. The average Bonchev–Trinajstić information content (AvgIpc) is 2.03. The van der Waals surface area contributed by atoms with Gasteiger partial charge in [-0.1, -0.05) is 18.6 Å². The molecule has 78 valence electrons. The first-order chi connectivity index (χ1) is 6.16. The Kier molecular flexibility index (Phi) is 8.46. The van der Waals surface area contributed by atoms with Gasteiger partial charge in [0.05, 0.1) is 0 Å². The van der Waals surface area contributed by atoms with Crippen molar-refractivity contribution in [1.82, 2.24) is 4.90 Å². The number of hydrogen-bond donors (Lipinski definition) is 0. The second kappa shape index (κ2) is 8.51. The molecule has 0 radical (unpaired) electrons. The zero-order chi connectivity index (χ0) is 10.1. The van der Waals surface area contributed by atoms with E-state index in [4.69, 9.17) is 0 Å². The fourth-order valence-electron chi connectivity index (χ4n) is 1.41. The van der Waals surface area contributed by atoms with E-state index in [0.717, 1.165) is 0 Å². The highest BCUT2D eigenvalue weighted by atomic mass is 28.2. The van der Waals surface area contributed by atoms with Gasteiger partial charge >= 0.3 is 0 Å². The molecule has 0 aliphatic rings. The van der Waals surface area contributed by atoms with Crippen molar-refractivity contribution in [3.8, 4) is 0 Å². The van der Waals surface area contributed by atoms with Gasteiger partial charge in [0.1, 0.15) is 0 Å². The SMILES string of the molecule is CCCN(C)CC[SiH2]CC=C(C)C. The van der Waals surface area contributed by atoms with Crippen LogP contribution in [0.4, 0.5) is 0 Å². The highest BCUT2D eigenvalue weighted by molar-refractivity contribution is 6.36. The van der Waals surface area contributed by atoms with Gasteiger partial charge in [-0.25, -0.2) is 0 Å². The van der Waals surface area contributed by atoms with E-state index in [0.29, 0.717) is 0 Å². The summed E-state index contributed by atoms with van der Waals surface area (Å²) in [5.74, 6) is 0. The molecule has 0 saturated carbocycles. The van der Waals surface area contributed by atoms with Crippen molar-refractivity contribution in [2.75, 3.05) is 20.1 Å². The zero-order valence-corrected chi connectivity index (χ0v) is 11.2. The van der Waals surface area contributed by atoms with Crippen LogP contribution in [-0.4, -0.2) is 34.6 Å². The van der Waals surface area contributed by atoms with Gasteiger partial charge in [0.15, 0.2) is 0 Å². The van der Waals surface area contributed by atoms with E-state index in [1.807, 2.05) is 0 Å². The number of rotatable bonds is 7. The molecule has 0 rings (SSSR count). The van der Waals surface area contributed by atoms with E-state index in [9.17, 15) is 0 Å². The van der Waals surface area contributed by atoms with Crippen LogP contribution in [0.25, 0.3) is 0 Å². The highest BCUT2D eigenvalue weighted by Gasteiger charge is 1.95. The van der Waals surface area contributed by atoms with Crippen LogP contribution in [0.15, 0.2) is 11.6 Å². The molecular weight excluding hydrogens is 174 g/mol. The molecule has 2 heteroatoms. The lowest BCUT2D eigenvalue weighted by molar-refractivity contribution is 0.353. The summed E-state index contributed by atoms with van der Waals surface area (Å²) >= 11 is 0. The lowest BCUT2D eigenvalue weighted by atomic mass is 10.3. The minimum atomic E-state index is 0.191. The van der Waals surface area contributed by atoms with Gasteiger partial charge in [-0.3, -0.25) is 0 Å². The van der Waals surface area contributed by atoms with Crippen molar-refractivity contribution in [3.05, 3.63) is 11.6 Å². The van der Waals surface area contributed by atoms with E-state index < -0.39 is 0 Å². The predicted molar refractivity (Wildman–Crippen MR) is 65.4 cm³/mol. The van der Waals surface area contributed by atoms with Crippen molar-refractivity contribution in [2.45, 2.75) is 39.3 Å². The molecule has 0 aliphatic carbocycles. The first-order valence-electron chi connectivity index (χ1n) is 5.48. The van der Waals surface area contributed by atoms with Crippen molar-refractivity contribution in [1.29, 1.82) is 0 Å². The van der Waals surface area contributed by atoms with E-state index in [1.54, 1.807) is 0 Å². The van der Waals surface area contributed by atoms with Crippen molar-refractivity contribution < 1.29 is 0 Å². The molecule has 0 aromatic heterocycles. The summed E-state index contributed by atoms with van der Waals surface area (Å²) in [6.07, 6.45) is 3.68. The van der Waals surface area contributed by atoms with Crippen LogP contribution in [0.1, 0.15) is 27.2 Å². The third-order valence-electron chi connectivity index (χ3n) is 2.15. The van der Waals surface area contributed by atoms with Crippen LogP contribution < -0.4 is 0 Å². The Hall–Kier alpha value is -0.0831. The van der Waals surface area contributed by atoms with Crippen LogP contribution in [-0.2, 0) is 0 Å². The fraction of sp³-hybridized carbons (Fsp3) is 0.818. The first-order valence-corrected chi connectivity index (χ1v) is 7.48. The van der Waals surface area contributed by atoms with Crippen molar-refractivity contribution in [2.24, 2.45) is 0 Å². The summed E-state index contributed by atoms with van der Waals surface area (Å²) in [6, 6.07) is 2.86. The number of nitrogens with zero attached hydrogens (tertiary/aromatic N) is 1. The molecule has 0 aromatic rings. The van der Waals surface area contributed by atoms with Crippen LogP contribution in [0.5, 0.6) is 0 Å². The normalized spacial score (nSPS) is 11.5. The summed E-state index contributed by atoms with van der Waals surface area (Å²) in [7, 11) is 2.43. The van der Waals surface area contributed by atoms with E-state index in [-0.39, 0.29) is 9.52 Å². The Bertz CT molecular complexity index is 139. The molecule has 0 heterocycles. The van der Waals surface area contributed by atoms with Crippen molar-refractivity contribution >= 4 is 9.52 Å². The largest absolute Gasteiger partial charge is 0.307 e. The smallest absolute Gasteiger partial charge is 0.0254 e. The molecule has 0 saturated heterocycles. The van der Waals surface area contributed by atoms with E-state index in [1.165, 1.54) is 37.2 Å². The van der Waals surface area contributed by atoms with Gasteiger partial charge in [-0.05, 0) is 52.5 Å². The maximum atomic E-state index is 2.45. The van der Waals surface area contributed by atoms with Gasteiger partial charge in [0.2, 0.25) is 0 Å². The molecule has 13 heavy (non-hydrogen) atoms. The Morgan fingerprint density at radius 1 is 1.31 bits per heavy atom. The van der Waals surface area contributed by atoms with Crippen LogP contribution >= 0.6 is 0 Å². The lowest BCUT2D eigenvalue weighted by Gasteiger charge is -2.14. The molecule has 0 aliphatic heterocycles. The molecule has 0 spiro atoms. The maximum absolute atomic E-state index is 2.45. The highest BCUT2D eigenvalue weighted by Crippen LogP contribution is 1.96. The summed E-state index contributed by atoms with van der Waals surface area (Å²) in [6.45, 7) is 9.21. The molecule has 0 amide bonds. The maximum Gasteiger partial charge on any atom is 0.0254 e. The predicted octanol–water partition coefficient (Wildman–Crippen LogP) is 2.30. The molecule has 0 unspecified atom stereocenters. The minimum absolute atomic E-state index is 0.191. The molecule has 0 fully saturated rings. The molecule has 0 N–H and O–H groups in total. The molecule has 0 bridgehead atoms. The van der Waals surface area contributed by atoms with Crippen LogP contribution in [0.3, 0.4) is 0 Å². The minimum Gasteiger partial charge on any atom is -0.307 e. The summed E-state index contributed by atoms with van der Waals surface area (Å²) in [5.41, 5.74) is 1.48. The standard InChI is InChI=1S/C11H25NSi/c1-5-7-12(4)8-10-13-9-6-11(2)3/h6H,5,7-10,13H2,1-4H3. The fourth-order valence-corrected chi connectivity index (χ4v) is 3.24. The van der Waals surface area contributed by atoms with Gasteiger partial charge < -0.3 is 4.90 Å². The number of allylic oxidation sites excluding steroid dienone is 2. The number of hydrogen-bond acceptors (Lipinski definition) is 1. The lowest BCUT2D eigenvalue weighted by Crippen LogP contribution is -2.21. The van der Waals surface area contributed by atoms with Gasteiger partial charge in [-0.15, -0.1) is 0 Å². The topological polar surface area (TPSA) is 3.24 Å².